The van der Waals surface area contributed by atoms with Crippen LogP contribution in [0.3, 0.4) is 0 Å². The van der Waals surface area contributed by atoms with E-state index in [1.807, 2.05) is 5.32 Å². The van der Waals surface area contributed by atoms with E-state index < -0.39 is 38.2 Å². The normalized spacial score (nSPS) is 14.3. The molecule has 2 heterocycles. The number of nitrogens with zero attached hydrogens (tertiary/aromatic N) is 3. The van der Waals surface area contributed by atoms with Crippen LogP contribution in [0.25, 0.3) is 0 Å². The molecule has 0 saturated heterocycles. The predicted molar refractivity (Wildman–Crippen MR) is 151 cm³/mol. The number of aliphatic carboxylic acids is 1. The van der Waals surface area contributed by atoms with E-state index in [2.05, 4.69) is 28.5 Å². The zero-order chi connectivity index (χ0) is 29.8. The van der Waals surface area contributed by atoms with Crippen molar-refractivity contribution in [2.24, 2.45) is 4.99 Å². The van der Waals surface area contributed by atoms with Crippen LogP contribution in [0.15, 0.2) is 26.8 Å². The maximum absolute atomic E-state index is 14.3. The van der Waals surface area contributed by atoms with Crippen molar-refractivity contribution in [3.05, 3.63) is 37.4 Å². The number of carboxylic acid groups (broad SMARTS) is 1. The smallest absolute Gasteiger partial charge is 0.325 e. The number of nitrogens with one attached hydrogen (secondary N) is 1. The van der Waals surface area contributed by atoms with Crippen LogP contribution < -0.4 is 19.9 Å². The monoisotopic (exact) mass is 648 g/mol. The summed E-state index contributed by atoms with van der Waals surface area (Å²) in [4.78, 5) is 56.3. The fourth-order valence-electron chi connectivity index (χ4n) is 2.73. The number of fused-ring (bicyclic) bond motifs is 1. The second kappa shape index (κ2) is 17.2. The standard InChI is InChI=1S/C15H15ClFN3O3S2.C3H8NO5P.C3H9S/c1-23-13(21)8-24-12-7-11(10(17)6-9(12)16)18-14-19-4-2-3-5-20(19)15(22)25-14;5-3(6)1-4-2-10(7,8)9;1-4(2)3/h6-7H,2-5,8H2,1H3;4H,1-2H2,(H,5,6)(H2,7,8,9);1-3H3/q;;+1/p-1/b18-14-;;. The van der Waals surface area contributed by atoms with Gasteiger partial charge in [0.1, 0.15) is 19.1 Å². The molecular weight excluding hydrogens is 618 g/mol. The van der Waals surface area contributed by atoms with E-state index >= 15 is 0 Å². The number of thioether (sulfide) groups is 1. The third-order valence-corrected chi connectivity index (χ3v) is 7.22. The van der Waals surface area contributed by atoms with Crippen LogP contribution in [0.2, 0.25) is 5.02 Å². The van der Waals surface area contributed by atoms with Gasteiger partial charge in [0.05, 0.1) is 49.5 Å². The molecule has 18 heteroatoms. The zero-order valence-corrected chi connectivity index (χ0v) is 25.8. The molecule has 3 rings (SSSR count). The first-order chi connectivity index (χ1) is 18.1. The average molecular weight is 649 g/mol. The van der Waals surface area contributed by atoms with Crippen LogP contribution in [-0.2, 0) is 42.9 Å². The van der Waals surface area contributed by atoms with Crippen molar-refractivity contribution in [2.45, 2.75) is 30.8 Å². The van der Waals surface area contributed by atoms with Crippen LogP contribution in [-0.4, -0.2) is 75.8 Å². The van der Waals surface area contributed by atoms with Crippen LogP contribution in [0, 0.1) is 5.82 Å². The van der Waals surface area contributed by atoms with Crippen molar-refractivity contribution >= 4 is 70.8 Å². The number of benzene rings is 1. The summed E-state index contributed by atoms with van der Waals surface area (Å²) in [7, 11) is -2.41. The highest BCUT2D eigenvalue weighted by Gasteiger charge is 2.15. The van der Waals surface area contributed by atoms with Gasteiger partial charge in [-0.05, 0) is 47.2 Å². The second-order valence-corrected chi connectivity index (χ2v) is 14.5. The van der Waals surface area contributed by atoms with Crippen LogP contribution in [0.4, 0.5) is 10.1 Å². The van der Waals surface area contributed by atoms with Crippen molar-refractivity contribution in [1.82, 2.24) is 14.7 Å². The minimum Gasteiger partial charge on any atom is -0.778 e. The highest BCUT2D eigenvalue weighted by molar-refractivity contribution is 8.00. The Bertz CT molecular complexity index is 1290. The molecule has 39 heavy (non-hydrogen) atoms. The summed E-state index contributed by atoms with van der Waals surface area (Å²) in [6.07, 6.45) is 7.77. The molecule has 1 aromatic heterocycles. The lowest BCUT2D eigenvalue weighted by Crippen LogP contribution is -2.31. The summed E-state index contributed by atoms with van der Waals surface area (Å²) in [5.41, 5.74) is 0.0829. The Labute approximate surface area is 240 Å². The molecule has 0 saturated carbocycles. The van der Waals surface area contributed by atoms with Gasteiger partial charge in [0, 0.05) is 18.0 Å². The van der Waals surface area contributed by atoms with E-state index in [0.29, 0.717) is 33.7 Å². The van der Waals surface area contributed by atoms with Gasteiger partial charge in [-0.3, -0.25) is 24.4 Å². The Morgan fingerprint density at radius 3 is 2.44 bits per heavy atom. The first kappa shape index (κ1) is 35.4. The molecule has 0 fully saturated rings. The molecule has 1 aromatic carbocycles. The van der Waals surface area contributed by atoms with Crippen molar-refractivity contribution in [2.75, 3.05) is 44.5 Å². The molecule has 1 unspecified atom stereocenters. The van der Waals surface area contributed by atoms with E-state index in [-0.39, 0.29) is 21.3 Å². The second-order valence-electron chi connectivity index (χ2n) is 8.16. The van der Waals surface area contributed by atoms with Crippen LogP contribution in [0.1, 0.15) is 12.8 Å². The molecule has 1 atom stereocenters. The fraction of sp³-hybridized carbons (Fsp3) is 0.524. The summed E-state index contributed by atoms with van der Waals surface area (Å²) in [6.45, 7) is 0.845. The number of aromatic nitrogens is 2. The summed E-state index contributed by atoms with van der Waals surface area (Å²) < 4.78 is 32.2. The minimum absolute atomic E-state index is 0.0605. The lowest BCUT2D eigenvalue weighted by Gasteiger charge is -2.15. The quantitative estimate of drug-likeness (QED) is 0.164. The highest BCUT2D eigenvalue weighted by Crippen LogP contribution is 2.33. The molecular formula is C21H31ClFN4O8PS3. The minimum atomic E-state index is -4.35. The van der Waals surface area contributed by atoms with Gasteiger partial charge in [-0.2, -0.15) is 0 Å². The molecule has 2 aromatic rings. The van der Waals surface area contributed by atoms with Gasteiger partial charge in [-0.15, -0.1) is 11.8 Å². The Morgan fingerprint density at radius 1 is 1.31 bits per heavy atom. The number of carbonyl (C=O) groups is 2. The summed E-state index contributed by atoms with van der Waals surface area (Å²) in [5, 5.41) is 10.2. The lowest BCUT2D eigenvalue weighted by molar-refractivity contribution is -0.193. The first-order valence-corrected chi connectivity index (χ1v) is 17.5. The number of ether oxygens (including phenoxy) is 1. The van der Waals surface area contributed by atoms with Crippen LogP contribution in [0.5, 0.6) is 0 Å². The molecule has 1 aliphatic rings. The molecule has 0 bridgehead atoms. The maximum atomic E-state index is 14.3. The van der Waals surface area contributed by atoms with Gasteiger partial charge in [0.25, 0.3) is 0 Å². The molecule has 12 nitrogen and oxygen atoms in total. The average Bonchev–Trinajstić information content (AvgIpc) is 3.14. The first-order valence-electron chi connectivity index (χ1n) is 11.1. The Balaban J connectivity index is 0.000000453. The van der Waals surface area contributed by atoms with E-state index in [0.717, 1.165) is 42.0 Å². The number of hydrogen-bond donors (Lipinski definition) is 3. The summed E-state index contributed by atoms with van der Waals surface area (Å²) >= 11 is 8.17. The van der Waals surface area contributed by atoms with Gasteiger partial charge in [0.2, 0.25) is 4.80 Å². The zero-order valence-electron chi connectivity index (χ0n) is 21.7. The number of methoxy groups -OCH3 is 1. The van der Waals surface area contributed by atoms with Crippen molar-refractivity contribution in [3.8, 4) is 0 Å². The van der Waals surface area contributed by atoms with Gasteiger partial charge >= 0.3 is 16.8 Å². The van der Waals surface area contributed by atoms with Crippen LogP contribution >= 0.6 is 42.3 Å². The third kappa shape index (κ3) is 14.0. The largest absolute Gasteiger partial charge is 0.778 e. The van der Waals surface area contributed by atoms with E-state index in [4.69, 9.17) is 21.6 Å². The number of rotatable bonds is 8. The molecule has 0 radical (unpaired) electrons. The number of esters is 1. The number of halogens is 2. The Hall–Kier alpha value is -1.65. The molecule has 1 aliphatic heterocycles. The molecule has 0 amide bonds. The molecule has 220 valence electrons. The van der Waals surface area contributed by atoms with Crippen molar-refractivity contribution in [1.29, 1.82) is 0 Å². The fourth-order valence-corrected chi connectivity index (χ4v) is 5.12. The molecule has 0 spiro atoms. The van der Waals surface area contributed by atoms with E-state index in [1.54, 1.807) is 9.36 Å². The Morgan fingerprint density at radius 2 is 1.90 bits per heavy atom. The van der Waals surface area contributed by atoms with Gasteiger partial charge in [-0.1, -0.05) is 11.6 Å². The maximum Gasteiger partial charge on any atom is 0.325 e. The topological polar surface area (TPSA) is 175 Å². The number of carboxylic acids is 1. The predicted octanol–water partition coefficient (Wildman–Crippen LogP) is 1.45. The SMILES string of the molecule is COC(=O)CSc1cc(/N=c2\sc(=O)n3n2CCCC3)c(F)cc1Cl.C[S+](C)C.O=C(O)CNCP(=O)([O-])O. The van der Waals surface area contributed by atoms with Crippen molar-refractivity contribution in [3.63, 3.8) is 0 Å². The Kier molecular flexibility index (Phi) is 15.6. The van der Waals surface area contributed by atoms with Gasteiger partial charge < -0.3 is 24.2 Å². The highest BCUT2D eigenvalue weighted by atomic mass is 35.5. The summed E-state index contributed by atoms with van der Waals surface area (Å²) in [5.74, 6) is -2.10. The number of carbonyl (C=O) groups excluding carboxylic acids is 1. The van der Waals surface area contributed by atoms with Gasteiger partial charge in [-0.25, -0.2) is 14.1 Å². The van der Waals surface area contributed by atoms with Gasteiger partial charge in [0.15, 0.2) is 0 Å². The molecule has 3 N–H and O–H groups in total. The van der Waals surface area contributed by atoms with Crippen molar-refractivity contribution < 1.29 is 38.2 Å². The molecule has 0 aliphatic carbocycles. The van der Waals surface area contributed by atoms with E-state index in [1.165, 1.54) is 13.2 Å². The number of hydrogen-bond acceptors (Lipinski definition) is 10. The van der Waals surface area contributed by atoms with E-state index in [9.17, 15) is 28.2 Å². The third-order valence-electron chi connectivity index (χ3n) is 4.27. The lowest BCUT2D eigenvalue weighted by atomic mass is 10.3. The summed E-state index contributed by atoms with van der Waals surface area (Å²) in [6, 6.07) is 2.64.